The Morgan fingerprint density at radius 2 is 1.74 bits per heavy atom. The summed E-state index contributed by atoms with van der Waals surface area (Å²) in [5.74, 6) is 0.731. The number of carbonyl (C=O) groups is 2. The second-order valence-corrected chi connectivity index (χ2v) is 7.65. The Hall–Kier alpha value is -2.90. The van der Waals surface area contributed by atoms with Crippen LogP contribution in [0.25, 0.3) is 11.1 Å². The Morgan fingerprint density at radius 1 is 1.03 bits per heavy atom. The molecule has 7 heteroatoms. The van der Waals surface area contributed by atoms with Gasteiger partial charge in [0.15, 0.2) is 13.2 Å². The van der Waals surface area contributed by atoms with Crippen LogP contribution < -0.4 is 15.0 Å². The molecule has 0 atom stereocenters. The van der Waals surface area contributed by atoms with Crippen molar-refractivity contribution in [1.29, 1.82) is 0 Å². The van der Waals surface area contributed by atoms with Crippen LogP contribution in [-0.4, -0.2) is 76.3 Å². The maximum absolute atomic E-state index is 12.7. The molecule has 0 aromatic heterocycles. The third-order valence-corrected chi connectivity index (χ3v) is 5.40. The molecule has 1 aliphatic heterocycles. The molecular formula is C24H32N3O4+. The molecule has 3 rings (SSSR count). The van der Waals surface area contributed by atoms with E-state index in [1.807, 2.05) is 59.5 Å². The first kappa shape index (κ1) is 22.8. The largest absolute Gasteiger partial charge is 0.483 e. The van der Waals surface area contributed by atoms with E-state index in [0.29, 0.717) is 38.5 Å². The molecule has 0 saturated carbocycles. The molecule has 31 heavy (non-hydrogen) atoms. The fourth-order valence-electron chi connectivity index (χ4n) is 3.66. The van der Waals surface area contributed by atoms with Crippen molar-refractivity contribution < 1.29 is 24.0 Å². The number of piperazine rings is 1. The van der Waals surface area contributed by atoms with Crippen LogP contribution in [0.1, 0.15) is 6.42 Å². The van der Waals surface area contributed by atoms with Crippen LogP contribution in [0.3, 0.4) is 0 Å². The Balaban J connectivity index is 1.43. The summed E-state index contributed by atoms with van der Waals surface area (Å²) in [4.78, 5) is 27.7. The third-order valence-electron chi connectivity index (χ3n) is 5.40. The van der Waals surface area contributed by atoms with Crippen molar-refractivity contribution in [2.45, 2.75) is 6.42 Å². The molecular weight excluding hydrogens is 394 g/mol. The van der Waals surface area contributed by atoms with Gasteiger partial charge in [-0.25, -0.2) is 0 Å². The topological polar surface area (TPSA) is 72.3 Å². The van der Waals surface area contributed by atoms with E-state index in [4.69, 9.17) is 9.47 Å². The number of hydrogen-bond acceptors (Lipinski definition) is 4. The summed E-state index contributed by atoms with van der Waals surface area (Å²) in [5.41, 5.74) is 2.03. The van der Waals surface area contributed by atoms with Crippen molar-refractivity contribution in [1.82, 2.24) is 10.2 Å². The lowest BCUT2D eigenvalue weighted by Gasteiger charge is -2.31. The Kier molecular flexibility index (Phi) is 8.87. The summed E-state index contributed by atoms with van der Waals surface area (Å²) < 4.78 is 10.9. The highest BCUT2D eigenvalue weighted by molar-refractivity contribution is 5.79. The first-order valence-corrected chi connectivity index (χ1v) is 10.8. The van der Waals surface area contributed by atoms with Crippen molar-refractivity contribution in [3.05, 3.63) is 54.6 Å². The summed E-state index contributed by atoms with van der Waals surface area (Å²) in [5, 5.41) is 2.92. The maximum Gasteiger partial charge on any atom is 0.275 e. The van der Waals surface area contributed by atoms with Gasteiger partial charge in [0.25, 0.3) is 11.8 Å². The van der Waals surface area contributed by atoms with Crippen LogP contribution in [-0.2, 0) is 14.3 Å². The minimum atomic E-state index is -0.0223. The number of benzene rings is 2. The van der Waals surface area contributed by atoms with Gasteiger partial charge < -0.3 is 24.6 Å². The van der Waals surface area contributed by atoms with Crippen molar-refractivity contribution in [2.75, 3.05) is 59.6 Å². The molecule has 0 spiro atoms. The summed E-state index contributed by atoms with van der Waals surface area (Å²) in [6.45, 7) is 4.52. The number of para-hydroxylation sites is 1. The number of carbonyl (C=O) groups excluding carboxylic acids is 2. The van der Waals surface area contributed by atoms with Crippen LogP contribution in [0.5, 0.6) is 5.75 Å². The second kappa shape index (κ2) is 12.1. The third kappa shape index (κ3) is 7.08. The van der Waals surface area contributed by atoms with Gasteiger partial charge in [-0.15, -0.1) is 0 Å². The molecule has 7 nitrogen and oxygen atoms in total. The lowest BCUT2D eigenvalue weighted by Crippen LogP contribution is -3.15. The molecule has 2 aromatic carbocycles. The predicted octanol–water partition coefficient (Wildman–Crippen LogP) is 0.612. The van der Waals surface area contributed by atoms with Crippen LogP contribution in [0.4, 0.5) is 0 Å². The Labute approximate surface area is 183 Å². The molecule has 2 N–H and O–H groups in total. The Morgan fingerprint density at radius 3 is 2.48 bits per heavy atom. The minimum absolute atomic E-state index is 0.0131. The smallest absolute Gasteiger partial charge is 0.275 e. The molecule has 1 aliphatic rings. The normalized spacial score (nSPS) is 14.3. The number of ether oxygens (including phenoxy) is 2. The van der Waals surface area contributed by atoms with Gasteiger partial charge in [-0.2, -0.15) is 0 Å². The van der Waals surface area contributed by atoms with Gasteiger partial charge in [-0.05, 0) is 18.1 Å². The number of rotatable bonds is 10. The van der Waals surface area contributed by atoms with Crippen molar-refractivity contribution in [3.8, 4) is 16.9 Å². The van der Waals surface area contributed by atoms with E-state index in [9.17, 15) is 9.59 Å². The number of quaternary nitrogens is 1. The fraction of sp³-hybridized carbons (Fsp3) is 0.417. The van der Waals surface area contributed by atoms with E-state index in [2.05, 4.69) is 5.32 Å². The highest BCUT2D eigenvalue weighted by Gasteiger charge is 2.25. The number of hydrogen-bond donors (Lipinski definition) is 2. The predicted molar refractivity (Wildman–Crippen MR) is 119 cm³/mol. The first-order valence-electron chi connectivity index (χ1n) is 10.8. The molecule has 2 amide bonds. The van der Waals surface area contributed by atoms with Gasteiger partial charge in [0.2, 0.25) is 0 Å². The van der Waals surface area contributed by atoms with Crippen LogP contribution in [0.2, 0.25) is 0 Å². The van der Waals surface area contributed by atoms with Gasteiger partial charge in [-0.3, -0.25) is 9.59 Å². The average molecular weight is 427 g/mol. The first-order chi connectivity index (χ1) is 15.2. The van der Waals surface area contributed by atoms with E-state index >= 15 is 0 Å². The van der Waals surface area contributed by atoms with Crippen molar-refractivity contribution >= 4 is 11.8 Å². The number of nitrogens with zero attached hydrogens (tertiary/aromatic N) is 1. The summed E-state index contributed by atoms with van der Waals surface area (Å²) >= 11 is 0. The fourth-order valence-corrected chi connectivity index (χ4v) is 3.66. The standard InChI is InChI=1S/C24H31N3O4/c1-30-17-7-12-25-23(28)18-26-13-15-27(16-14-26)24(29)19-31-22-11-6-5-10-21(22)20-8-3-2-4-9-20/h2-6,8-11H,7,12-19H2,1H3,(H,25,28)/p+1. The van der Waals surface area contributed by atoms with Gasteiger partial charge >= 0.3 is 0 Å². The van der Waals surface area contributed by atoms with E-state index in [1.165, 1.54) is 4.90 Å². The lowest BCUT2D eigenvalue weighted by molar-refractivity contribution is -0.896. The quantitative estimate of drug-likeness (QED) is 0.546. The molecule has 0 aliphatic carbocycles. The monoisotopic (exact) mass is 426 g/mol. The average Bonchev–Trinajstić information content (AvgIpc) is 2.81. The lowest BCUT2D eigenvalue weighted by atomic mass is 10.1. The van der Waals surface area contributed by atoms with Crippen molar-refractivity contribution in [3.63, 3.8) is 0 Å². The molecule has 1 fully saturated rings. The summed E-state index contributed by atoms with van der Waals surface area (Å²) in [6.07, 6.45) is 0.813. The zero-order valence-electron chi connectivity index (χ0n) is 18.1. The summed E-state index contributed by atoms with van der Waals surface area (Å²) in [6, 6.07) is 17.8. The van der Waals surface area contributed by atoms with E-state index in [0.717, 1.165) is 30.6 Å². The van der Waals surface area contributed by atoms with Gasteiger partial charge in [0, 0.05) is 25.8 Å². The van der Waals surface area contributed by atoms with Crippen molar-refractivity contribution in [2.24, 2.45) is 0 Å². The number of amides is 2. The Bertz CT molecular complexity index is 836. The van der Waals surface area contributed by atoms with Crippen LogP contribution in [0, 0.1) is 0 Å². The van der Waals surface area contributed by atoms with Crippen LogP contribution >= 0.6 is 0 Å². The molecule has 2 aromatic rings. The van der Waals surface area contributed by atoms with Gasteiger partial charge in [0.1, 0.15) is 5.75 Å². The van der Waals surface area contributed by atoms with Gasteiger partial charge in [0.05, 0.1) is 26.2 Å². The number of methoxy groups -OCH3 is 1. The molecule has 166 valence electrons. The second-order valence-electron chi connectivity index (χ2n) is 7.65. The molecule has 0 bridgehead atoms. The van der Waals surface area contributed by atoms with Gasteiger partial charge in [-0.1, -0.05) is 48.5 Å². The molecule has 0 unspecified atom stereocenters. The number of nitrogens with one attached hydrogen (secondary N) is 2. The summed E-state index contributed by atoms with van der Waals surface area (Å²) in [7, 11) is 1.65. The molecule has 0 radical (unpaired) electrons. The highest BCUT2D eigenvalue weighted by atomic mass is 16.5. The zero-order valence-corrected chi connectivity index (χ0v) is 18.1. The van der Waals surface area contributed by atoms with E-state index < -0.39 is 0 Å². The maximum atomic E-state index is 12.7. The SMILES string of the molecule is COCCCNC(=O)C[NH+]1CCN(C(=O)COc2ccccc2-c2ccccc2)CC1. The minimum Gasteiger partial charge on any atom is -0.483 e. The highest BCUT2D eigenvalue weighted by Crippen LogP contribution is 2.29. The van der Waals surface area contributed by atoms with E-state index in [-0.39, 0.29) is 18.4 Å². The van der Waals surface area contributed by atoms with E-state index in [1.54, 1.807) is 7.11 Å². The molecule has 1 heterocycles. The van der Waals surface area contributed by atoms with Crippen LogP contribution in [0.15, 0.2) is 54.6 Å². The molecule has 1 saturated heterocycles. The zero-order chi connectivity index (χ0) is 21.9.